The molecule has 101 heavy (non-hydrogen) atoms. The lowest BCUT2D eigenvalue weighted by Crippen LogP contribution is -2.71. The number of urea groups is 1. The number of carboxylic acid groups (broad SMARTS) is 2. The number of hydrogen-bond acceptors (Lipinski definition) is 28. The predicted octanol–water partition coefficient (Wildman–Crippen LogP) is 4.28. The molecule has 540 valence electrons. The second kappa shape index (κ2) is 32.7. The lowest BCUT2D eigenvalue weighted by molar-refractivity contribution is -0.402. The number of aryl methyl sites for hydroxylation is 1. The van der Waals surface area contributed by atoms with Crippen molar-refractivity contribution in [1.82, 2.24) is 50.5 Å². The van der Waals surface area contributed by atoms with Crippen LogP contribution in [-0.4, -0.2) is 203 Å². The molecule has 6 aliphatic rings. The molecule has 6 aliphatic heterocycles. The number of carbonyl (C=O) groups is 7. The normalized spacial score (nSPS) is 21.0. The van der Waals surface area contributed by atoms with Crippen molar-refractivity contribution in [3.63, 3.8) is 0 Å². The third-order valence-corrected chi connectivity index (χ3v) is 21.3. The lowest BCUT2D eigenvalue weighted by Gasteiger charge is -2.43. The van der Waals surface area contributed by atoms with Gasteiger partial charge in [0.25, 0.3) is 15.9 Å². The number of aromatic nitrogens is 4. The molecule has 0 aliphatic carbocycles. The highest BCUT2D eigenvalue weighted by Gasteiger charge is 2.65. The summed E-state index contributed by atoms with van der Waals surface area (Å²) < 4.78 is 45.8. The Balaban J connectivity index is 0.000000161. The van der Waals surface area contributed by atoms with Crippen LogP contribution in [0.15, 0.2) is 104 Å². The number of carboxylic acids is 2. The summed E-state index contributed by atoms with van der Waals surface area (Å²) >= 11 is 4.11. The number of imide groups is 1. The number of hydrogen-bond donors (Lipinski definition) is 9. The van der Waals surface area contributed by atoms with E-state index in [2.05, 4.69) is 45.2 Å². The summed E-state index contributed by atoms with van der Waals surface area (Å²) in [7, 11) is 1.09. The van der Waals surface area contributed by atoms with Gasteiger partial charge in [0.1, 0.15) is 57.2 Å². The van der Waals surface area contributed by atoms with Crippen LogP contribution in [0.1, 0.15) is 86.9 Å². The summed E-state index contributed by atoms with van der Waals surface area (Å²) in [5.74, 6) is -1.48. The molecule has 0 spiro atoms. The Bertz CT molecular complexity index is 4190. The Morgan fingerprint density at radius 3 is 1.98 bits per heavy atom. The Morgan fingerprint density at radius 2 is 1.46 bits per heavy atom. The van der Waals surface area contributed by atoms with Crippen LogP contribution in [0.25, 0.3) is 0 Å². The first kappa shape index (κ1) is 76.4. The molecule has 6 saturated heterocycles. The van der Waals surface area contributed by atoms with E-state index in [0.29, 0.717) is 45.7 Å². The van der Waals surface area contributed by atoms with E-state index in [4.69, 9.17) is 41.6 Å². The van der Waals surface area contributed by atoms with Crippen molar-refractivity contribution < 1.29 is 75.7 Å². The van der Waals surface area contributed by atoms with Crippen LogP contribution in [0.5, 0.6) is 17.2 Å². The fraction of sp³-hybridized carbons (Fsp3) is 0.403. The maximum atomic E-state index is 12.3. The molecule has 0 unspecified atom stereocenters. The molecule has 9 heterocycles. The molecule has 35 nitrogen and oxygen atoms in total. The average molecular weight is 1470 g/mol. The standard InChI is InChI=1S/C16H19N3O4S.C15H23N3O3S.C14H18N4O3.C9H10N4O2S2.C8H6N4O5/c1-16(2)11(15(22)23)19-13(21)10(14(19)24-16)18-12(20)9(17)8-6-4-3-5-7-8;1-15(2)11(14(20)21)18-12(19)10(13(18)22-15)16-9-17-7-5-3-4-6-8-17;1-19-10-5-8(6-11(20-2)12(10)21-3)4-9-7-17-14(16)18-13(9)15;1-6-11-12-9(16-6)13-17(14,15)8-4-2-7(10)3-5-8;13-6-4-11(8(14)10-6)9-3-5-1-2-7(17-5)12(15)16/h3-7,9-11,14H,17H2,1-2H3,(H,18,20)(H,22,23);9-11,13H,3-8H2,1-2H3,(H,20,21);5-7H,4H2,1-3H3,(H4,15,16,17,18);2-5H,10H2,1H3,(H,12,13);1-3H,4H2,(H,10,13,14)/b;;;;9-3+/t9-,10-,11+,14-;10-,11+,13-;;;/m11.../s1. The highest BCUT2D eigenvalue weighted by atomic mass is 32.2. The number of furan rings is 1. The number of rotatable bonds is 18. The van der Waals surface area contributed by atoms with Crippen LogP contribution in [-0.2, 0) is 45.2 Å². The SMILES string of the molecule is CC1(C)S[C@@H]2[C@H](N=CN3CCCCCC3)C(=O)N2[C@H]1C(=O)O.CC1(C)S[C@@H]2[C@H](NC(=O)[C@H](N)c3ccccc3)C(=O)N2[C@H]1C(=O)O.COc1cc(Cc2cnc(N)nc2N)cc(OC)c1OC.Cc1nnc(NS(=O)(=O)c2ccc(N)cc2)s1.O=C1CN(/N=C/c2ccc([N+](=O)[O-])o2)C(=O)N1. The molecule has 0 saturated carbocycles. The van der Waals surface area contributed by atoms with Crippen molar-refractivity contribution in [1.29, 1.82) is 0 Å². The van der Waals surface area contributed by atoms with Crippen molar-refractivity contribution >= 4 is 128 Å². The molecule has 12 rings (SSSR count). The monoisotopic (exact) mass is 1470 g/mol. The van der Waals surface area contributed by atoms with Gasteiger partial charge in [-0.25, -0.2) is 32.8 Å². The summed E-state index contributed by atoms with van der Waals surface area (Å²) in [5, 5.41) is 46.2. The van der Waals surface area contributed by atoms with Gasteiger partial charge in [-0.05, 0) is 101 Å². The molecule has 0 bridgehead atoms. The van der Waals surface area contributed by atoms with E-state index in [1.165, 1.54) is 88.9 Å². The largest absolute Gasteiger partial charge is 0.493 e. The number of nitrogens with two attached hydrogens (primary N) is 4. The summed E-state index contributed by atoms with van der Waals surface area (Å²) in [6.45, 7) is 10.9. The number of nitrogens with one attached hydrogen (secondary N) is 3. The number of nitrogens with zero attached hydrogens (tertiary/aromatic N) is 11. The molecule has 6 amide bonds. The Labute approximate surface area is 591 Å². The van der Waals surface area contributed by atoms with Gasteiger partial charge in [0, 0.05) is 46.5 Å². The molecular weight excluding hydrogens is 1400 g/mol. The van der Waals surface area contributed by atoms with Gasteiger partial charge in [0.2, 0.25) is 34.6 Å². The van der Waals surface area contributed by atoms with Crippen molar-refractivity contribution in [2.45, 2.75) is 122 Å². The van der Waals surface area contributed by atoms with Gasteiger partial charge in [-0.3, -0.25) is 44.3 Å². The van der Waals surface area contributed by atoms with Gasteiger partial charge < -0.3 is 71.8 Å². The number of amides is 6. The maximum Gasteiger partial charge on any atom is 0.433 e. The molecular formula is C62H76N18O17S4. The quantitative estimate of drug-likeness (QED) is 0.0110. The molecule has 6 aromatic rings. The number of methoxy groups -OCH3 is 3. The number of ether oxygens (including phenoxy) is 3. The van der Waals surface area contributed by atoms with Crippen LogP contribution in [0.3, 0.4) is 0 Å². The highest BCUT2D eigenvalue weighted by molar-refractivity contribution is 8.02. The van der Waals surface area contributed by atoms with Crippen molar-refractivity contribution in [3.8, 4) is 17.2 Å². The first-order chi connectivity index (χ1) is 47.8. The number of benzene rings is 3. The maximum absolute atomic E-state index is 12.3. The first-order valence-electron chi connectivity index (χ1n) is 30.9. The number of anilines is 4. The zero-order valence-electron chi connectivity index (χ0n) is 55.8. The fourth-order valence-corrected chi connectivity index (χ4v) is 16.1. The van der Waals surface area contributed by atoms with Gasteiger partial charge in [-0.15, -0.1) is 33.7 Å². The average Bonchev–Trinajstić information content (AvgIpc) is 1.57. The number of β-lactam (4-membered cyclic amide) rings is 2. The number of nitrogen functional groups attached to an aromatic ring is 3. The molecule has 7 atom stereocenters. The number of likely N-dealkylation sites (tertiary alicyclic amines) is 1. The van der Waals surface area contributed by atoms with E-state index in [0.717, 1.165) is 41.5 Å². The lowest BCUT2D eigenvalue weighted by atomic mass is 9.95. The minimum atomic E-state index is -3.61. The number of sulfonamides is 1. The van der Waals surface area contributed by atoms with E-state index in [1.807, 2.05) is 43.7 Å². The smallest absolute Gasteiger partial charge is 0.433 e. The summed E-state index contributed by atoms with van der Waals surface area (Å²) in [5.41, 5.74) is 25.6. The third kappa shape index (κ3) is 18.5. The van der Waals surface area contributed by atoms with Crippen LogP contribution >= 0.6 is 34.9 Å². The molecule has 6 fully saturated rings. The van der Waals surface area contributed by atoms with E-state index >= 15 is 0 Å². The Hall–Kier alpha value is -10.4. The highest BCUT2D eigenvalue weighted by Crippen LogP contribution is 2.52. The number of aliphatic carboxylic acids is 2. The number of carbonyl (C=O) groups excluding carboxylic acids is 5. The first-order valence-corrected chi connectivity index (χ1v) is 34.9. The van der Waals surface area contributed by atoms with Crippen molar-refractivity contribution in [2.75, 3.05) is 62.9 Å². The van der Waals surface area contributed by atoms with E-state index < -0.39 is 90.3 Å². The van der Waals surface area contributed by atoms with Crippen LogP contribution in [0.4, 0.5) is 33.3 Å². The van der Waals surface area contributed by atoms with Gasteiger partial charge in [0.15, 0.2) is 23.3 Å². The molecule has 39 heteroatoms. The topological polar surface area (TPSA) is 507 Å². The van der Waals surface area contributed by atoms with E-state index in [9.17, 15) is 62.3 Å². The fourth-order valence-electron chi connectivity index (χ4n) is 11.1. The Morgan fingerprint density at radius 1 is 0.851 bits per heavy atom. The van der Waals surface area contributed by atoms with Crippen LogP contribution in [0.2, 0.25) is 0 Å². The second-order valence-electron chi connectivity index (χ2n) is 24.0. The summed E-state index contributed by atoms with van der Waals surface area (Å²) in [6.07, 6.45) is 9.93. The van der Waals surface area contributed by atoms with Gasteiger partial charge >= 0.3 is 23.9 Å². The van der Waals surface area contributed by atoms with E-state index in [-0.39, 0.29) is 50.8 Å². The minimum absolute atomic E-state index is 0.115. The zero-order valence-corrected chi connectivity index (χ0v) is 59.1. The minimum Gasteiger partial charge on any atom is -0.493 e. The van der Waals surface area contributed by atoms with E-state index in [1.54, 1.807) is 84.3 Å². The van der Waals surface area contributed by atoms with Crippen LogP contribution < -0.4 is 52.5 Å². The number of aliphatic imine (C=N–C) groups is 1. The molecule has 0 radical (unpaired) electrons. The second-order valence-corrected chi connectivity index (χ2v) is 30.4. The molecule has 3 aromatic heterocycles. The van der Waals surface area contributed by atoms with Crippen LogP contribution in [0, 0.1) is 17.0 Å². The predicted molar refractivity (Wildman–Crippen MR) is 374 cm³/mol. The van der Waals surface area contributed by atoms with Crippen molar-refractivity contribution in [2.24, 2.45) is 15.8 Å². The summed E-state index contributed by atoms with van der Waals surface area (Å²) in [6, 6.07) is 16.7. The third-order valence-electron chi connectivity index (χ3n) is 16.0. The van der Waals surface area contributed by atoms with Gasteiger partial charge in [-0.2, -0.15) is 10.1 Å². The molecule has 13 N–H and O–H groups in total. The number of thioether (sulfide) groups is 2. The molecule has 3 aromatic carbocycles. The number of nitro groups is 1. The van der Waals surface area contributed by atoms with Gasteiger partial charge in [-0.1, -0.05) is 54.5 Å². The number of fused-ring (bicyclic) bond motifs is 2. The Kier molecular flexibility index (Phi) is 24.8. The summed E-state index contributed by atoms with van der Waals surface area (Å²) in [4.78, 5) is 109. The zero-order chi connectivity index (χ0) is 73.8. The van der Waals surface area contributed by atoms with Crippen molar-refractivity contribution in [3.05, 3.63) is 123 Å². The number of hydrazone groups is 1. The van der Waals surface area contributed by atoms with Gasteiger partial charge in [0.05, 0.1) is 44.8 Å².